The van der Waals surface area contributed by atoms with Crippen molar-refractivity contribution in [1.29, 1.82) is 0 Å². The second kappa shape index (κ2) is 6.12. The standard InChI is InChI=1S/C13H15ClFN3O/c1-3-8(2)16-7-12-17-13(18-19-12)10-5-4-9(15)6-11(10)14/h4-6,8,16H,3,7H2,1-2H3. The van der Waals surface area contributed by atoms with Gasteiger partial charge in [-0.2, -0.15) is 4.98 Å². The predicted molar refractivity (Wildman–Crippen MR) is 71.3 cm³/mol. The van der Waals surface area contributed by atoms with E-state index >= 15 is 0 Å². The molecule has 4 nitrogen and oxygen atoms in total. The van der Waals surface area contributed by atoms with Crippen molar-refractivity contribution in [2.75, 3.05) is 0 Å². The smallest absolute Gasteiger partial charge is 0.240 e. The van der Waals surface area contributed by atoms with Crippen molar-refractivity contribution in [3.63, 3.8) is 0 Å². The molecular formula is C13H15ClFN3O. The van der Waals surface area contributed by atoms with Crippen LogP contribution in [0.5, 0.6) is 0 Å². The van der Waals surface area contributed by atoms with Gasteiger partial charge in [-0.05, 0) is 31.5 Å². The Morgan fingerprint density at radius 1 is 1.47 bits per heavy atom. The first-order valence-electron chi connectivity index (χ1n) is 6.11. The molecule has 0 saturated heterocycles. The van der Waals surface area contributed by atoms with Gasteiger partial charge in [0.1, 0.15) is 5.82 Å². The number of halogens is 2. The lowest BCUT2D eigenvalue weighted by Gasteiger charge is -2.07. The van der Waals surface area contributed by atoms with Gasteiger partial charge < -0.3 is 9.84 Å². The third-order valence-corrected chi connectivity index (χ3v) is 3.17. The fraction of sp³-hybridized carbons (Fsp3) is 0.385. The van der Waals surface area contributed by atoms with E-state index in [9.17, 15) is 4.39 Å². The molecule has 1 atom stereocenters. The maximum atomic E-state index is 13.0. The second-order valence-electron chi connectivity index (χ2n) is 4.33. The number of hydrogen-bond donors (Lipinski definition) is 1. The molecule has 0 aliphatic rings. The zero-order chi connectivity index (χ0) is 13.8. The maximum Gasteiger partial charge on any atom is 0.240 e. The molecule has 0 saturated carbocycles. The number of aromatic nitrogens is 2. The zero-order valence-electron chi connectivity index (χ0n) is 10.8. The predicted octanol–water partition coefficient (Wildman–Crippen LogP) is 3.42. The Morgan fingerprint density at radius 2 is 2.26 bits per heavy atom. The van der Waals surface area contributed by atoms with E-state index in [0.717, 1.165) is 6.42 Å². The summed E-state index contributed by atoms with van der Waals surface area (Å²) in [6.07, 6.45) is 1.02. The zero-order valence-corrected chi connectivity index (χ0v) is 11.5. The molecule has 0 fully saturated rings. The van der Waals surface area contributed by atoms with Gasteiger partial charge >= 0.3 is 0 Å². The van der Waals surface area contributed by atoms with Gasteiger partial charge in [0.25, 0.3) is 0 Å². The Balaban J connectivity index is 2.12. The summed E-state index contributed by atoms with van der Waals surface area (Å²) >= 11 is 5.95. The molecule has 0 spiro atoms. The normalized spacial score (nSPS) is 12.6. The molecule has 1 heterocycles. The highest BCUT2D eigenvalue weighted by Gasteiger charge is 2.12. The van der Waals surface area contributed by atoms with Crippen LogP contribution in [0.25, 0.3) is 11.4 Å². The summed E-state index contributed by atoms with van der Waals surface area (Å²) in [5.41, 5.74) is 0.557. The summed E-state index contributed by atoms with van der Waals surface area (Å²) in [4.78, 5) is 4.23. The molecule has 1 unspecified atom stereocenters. The van der Waals surface area contributed by atoms with Crippen LogP contribution < -0.4 is 5.32 Å². The fourth-order valence-electron chi connectivity index (χ4n) is 1.51. The average molecular weight is 284 g/mol. The molecule has 0 aliphatic carbocycles. The Hall–Kier alpha value is -1.46. The van der Waals surface area contributed by atoms with E-state index in [1.165, 1.54) is 18.2 Å². The van der Waals surface area contributed by atoms with Crippen molar-refractivity contribution in [3.05, 3.63) is 34.9 Å². The van der Waals surface area contributed by atoms with E-state index in [1.54, 1.807) is 0 Å². The first kappa shape index (κ1) is 14.0. The molecule has 0 radical (unpaired) electrons. The third kappa shape index (κ3) is 3.52. The van der Waals surface area contributed by atoms with E-state index < -0.39 is 5.82 Å². The van der Waals surface area contributed by atoms with Crippen LogP contribution in [0.15, 0.2) is 22.7 Å². The van der Waals surface area contributed by atoms with Crippen LogP contribution in [0.1, 0.15) is 26.2 Å². The molecular weight excluding hydrogens is 269 g/mol. The Morgan fingerprint density at radius 3 is 2.95 bits per heavy atom. The van der Waals surface area contributed by atoms with Crippen molar-refractivity contribution < 1.29 is 8.91 Å². The molecule has 102 valence electrons. The molecule has 0 amide bonds. The van der Waals surface area contributed by atoms with Gasteiger partial charge in [-0.15, -0.1) is 0 Å². The molecule has 6 heteroatoms. The minimum atomic E-state index is -0.393. The van der Waals surface area contributed by atoms with Crippen LogP contribution >= 0.6 is 11.6 Å². The molecule has 2 rings (SSSR count). The molecule has 0 aliphatic heterocycles. The lowest BCUT2D eigenvalue weighted by atomic mass is 10.2. The molecule has 1 aromatic heterocycles. The monoisotopic (exact) mass is 283 g/mol. The van der Waals surface area contributed by atoms with E-state index in [1.807, 2.05) is 0 Å². The summed E-state index contributed by atoms with van der Waals surface area (Å²) in [6.45, 7) is 4.67. The largest absolute Gasteiger partial charge is 0.338 e. The van der Waals surface area contributed by atoms with Gasteiger partial charge in [0.15, 0.2) is 0 Å². The summed E-state index contributed by atoms with van der Waals surface area (Å²) in [5.74, 6) is 0.456. The second-order valence-corrected chi connectivity index (χ2v) is 4.73. The number of benzene rings is 1. The van der Waals surface area contributed by atoms with Crippen molar-refractivity contribution in [3.8, 4) is 11.4 Å². The highest BCUT2D eigenvalue weighted by Crippen LogP contribution is 2.26. The minimum absolute atomic E-state index is 0.266. The lowest BCUT2D eigenvalue weighted by Crippen LogP contribution is -2.24. The maximum absolute atomic E-state index is 13.0. The topological polar surface area (TPSA) is 51.0 Å². The van der Waals surface area contributed by atoms with Gasteiger partial charge in [0.05, 0.1) is 11.6 Å². The molecule has 1 aromatic carbocycles. The van der Waals surface area contributed by atoms with Crippen molar-refractivity contribution in [2.24, 2.45) is 0 Å². The molecule has 0 bridgehead atoms. The van der Waals surface area contributed by atoms with E-state index in [0.29, 0.717) is 29.9 Å². The number of hydrogen-bond acceptors (Lipinski definition) is 4. The van der Waals surface area contributed by atoms with E-state index in [4.69, 9.17) is 16.1 Å². The SMILES string of the molecule is CCC(C)NCc1nc(-c2ccc(F)cc2Cl)no1. The van der Waals surface area contributed by atoms with Crippen LogP contribution in [0.2, 0.25) is 5.02 Å². The number of rotatable bonds is 5. The highest BCUT2D eigenvalue weighted by molar-refractivity contribution is 6.33. The van der Waals surface area contributed by atoms with Crippen LogP contribution in [0, 0.1) is 5.82 Å². The Bertz CT molecular complexity index is 559. The molecule has 2 aromatic rings. The van der Waals surface area contributed by atoms with E-state index in [-0.39, 0.29) is 5.02 Å². The summed E-state index contributed by atoms with van der Waals surface area (Å²) in [5, 5.41) is 7.36. The third-order valence-electron chi connectivity index (χ3n) is 2.85. The summed E-state index contributed by atoms with van der Waals surface area (Å²) in [6, 6.07) is 4.46. The van der Waals surface area contributed by atoms with Gasteiger partial charge in [0, 0.05) is 11.6 Å². The first-order valence-corrected chi connectivity index (χ1v) is 6.49. The van der Waals surface area contributed by atoms with E-state index in [2.05, 4.69) is 29.3 Å². The minimum Gasteiger partial charge on any atom is -0.338 e. The van der Waals surface area contributed by atoms with Gasteiger partial charge in [-0.1, -0.05) is 23.7 Å². The van der Waals surface area contributed by atoms with Crippen LogP contribution in [0.4, 0.5) is 4.39 Å². The van der Waals surface area contributed by atoms with Crippen LogP contribution in [0.3, 0.4) is 0 Å². The first-order chi connectivity index (χ1) is 9.10. The van der Waals surface area contributed by atoms with Crippen molar-refractivity contribution in [1.82, 2.24) is 15.5 Å². The molecule has 1 N–H and O–H groups in total. The summed E-state index contributed by atoms with van der Waals surface area (Å²) < 4.78 is 18.1. The molecule has 19 heavy (non-hydrogen) atoms. The van der Waals surface area contributed by atoms with Crippen molar-refractivity contribution >= 4 is 11.6 Å². The lowest BCUT2D eigenvalue weighted by molar-refractivity contribution is 0.358. The van der Waals surface area contributed by atoms with Crippen LogP contribution in [-0.4, -0.2) is 16.2 Å². The van der Waals surface area contributed by atoms with Gasteiger partial charge in [-0.25, -0.2) is 4.39 Å². The van der Waals surface area contributed by atoms with Crippen molar-refractivity contribution in [2.45, 2.75) is 32.9 Å². The number of nitrogens with zero attached hydrogens (tertiary/aromatic N) is 2. The van der Waals surface area contributed by atoms with Gasteiger partial charge in [0.2, 0.25) is 11.7 Å². The average Bonchev–Trinajstić information content (AvgIpc) is 2.84. The fourth-order valence-corrected chi connectivity index (χ4v) is 1.76. The Kier molecular flexibility index (Phi) is 4.50. The summed E-state index contributed by atoms with van der Waals surface area (Å²) in [7, 11) is 0. The quantitative estimate of drug-likeness (QED) is 0.913. The van der Waals surface area contributed by atoms with Gasteiger partial charge in [-0.3, -0.25) is 0 Å². The number of nitrogens with one attached hydrogen (secondary N) is 1. The van der Waals surface area contributed by atoms with Crippen LogP contribution in [-0.2, 0) is 6.54 Å². The highest BCUT2D eigenvalue weighted by atomic mass is 35.5. The Labute approximate surface area is 116 Å².